The number of benzene rings is 1. The van der Waals surface area contributed by atoms with Crippen LogP contribution in [0.1, 0.15) is 20.8 Å². The molecule has 0 fully saturated rings. The molecule has 0 spiro atoms. The van der Waals surface area contributed by atoms with Gasteiger partial charge in [-0.05, 0) is 45.0 Å². The number of rotatable bonds is 5. The Labute approximate surface area is 117 Å². The minimum absolute atomic E-state index is 0.0439. The van der Waals surface area contributed by atoms with Crippen LogP contribution < -0.4 is 4.90 Å². The summed E-state index contributed by atoms with van der Waals surface area (Å²) >= 11 is 0. The van der Waals surface area contributed by atoms with E-state index in [9.17, 15) is 14.7 Å². The molecule has 1 amide bonds. The molecule has 1 aromatic carbocycles. The van der Waals surface area contributed by atoms with Gasteiger partial charge in [-0.3, -0.25) is 14.5 Å². The third kappa shape index (κ3) is 5.27. The smallest absolute Gasteiger partial charge is 0.323 e. The molecule has 0 saturated heterocycles. The van der Waals surface area contributed by atoms with Crippen molar-refractivity contribution in [2.45, 2.75) is 26.4 Å². The molecule has 0 aromatic heterocycles. The van der Waals surface area contributed by atoms with E-state index < -0.39 is 24.0 Å². The number of aromatic hydroxyl groups is 1. The van der Waals surface area contributed by atoms with Gasteiger partial charge in [0.25, 0.3) is 5.91 Å². The van der Waals surface area contributed by atoms with Crippen molar-refractivity contribution in [1.29, 1.82) is 0 Å². The van der Waals surface area contributed by atoms with Gasteiger partial charge in [0, 0.05) is 5.69 Å². The molecule has 0 aliphatic heterocycles. The number of aliphatic carboxylic acids is 1. The third-order valence-electron chi connectivity index (χ3n) is 2.38. The second-order valence-electron chi connectivity index (χ2n) is 5.29. The molecule has 0 aliphatic carbocycles. The summed E-state index contributed by atoms with van der Waals surface area (Å²) in [7, 11) is 0. The molecule has 0 saturated carbocycles. The van der Waals surface area contributed by atoms with Crippen LogP contribution in [0.5, 0.6) is 5.75 Å². The number of phenols is 1. The number of hydrogen-bond acceptors (Lipinski definition) is 4. The number of carbonyl (C=O) groups excluding carboxylic acids is 1. The maximum atomic E-state index is 12.1. The molecule has 110 valence electrons. The van der Waals surface area contributed by atoms with E-state index in [0.29, 0.717) is 5.69 Å². The topological polar surface area (TPSA) is 87.1 Å². The highest BCUT2D eigenvalue weighted by Gasteiger charge is 2.21. The first-order valence-electron chi connectivity index (χ1n) is 6.14. The number of nitrogens with zero attached hydrogens (tertiary/aromatic N) is 1. The first kappa shape index (κ1) is 16.0. The summed E-state index contributed by atoms with van der Waals surface area (Å²) in [6.45, 7) is 4.75. The quantitative estimate of drug-likeness (QED) is 0.856. The fourth-order valence-electron chi connectivity index (χ4n) is 1.45. The van der Waals surface area contributed by atoms with Gasteiger partial charge in [0.1, 0.15) is 18.9 Å². The Morgan fingerprint density at radius 2 is 1.75 bits per heavy atom. The van der Waals surface area contributed by atoms with Crippen molar-refractivity contribution >= 4 is 17.6 Å². The van der Waals surface area contributed by atoms with Gasteiger partial charge in [0.05, 0.1) is 5.60 Å². The Morgan fingerprint density at radius 1 is 1.20 bits per heavy atom. The third-order valence-corrected chi connectivity index (χ3v) is 2.38. The Morgan fingerprint density at radius 3 is 2.20 bits per heavy atom. The van der Waals surface area contributed by atoms with Crippen LogP contribution in [0, 0.1) is 0 Å². The lowest BCUT2D eigenvalue weighted by molar-refractivity contribution is -0.137. The number of amides is 1. The zero-order valence-electron chi connectivity index (χ0n) is 11.8. The Hall–Kier alpha value is -2.08. The minimum Gasteiger partial charge on any atom is -0.508 e. The van der Waals surface area contributed by atoms with Crippen LogP contribution in [0.15, 0.2) is 24.3 Å². The van der Waals surface area contributed by atoms with Crippen molar-refractivity contribution in [2.24, 2.45) is 0 Å². The summed E-state index contributed by atoms with van der Waals surface area (Å²) in [5.41, 5.74) is -0.0906. The highest BCUT2D eigenvalue weighted by Crippen LogP contribution is 2.19. The molecule has 0 atom stereocenters. The lowest BCUT2D eigenvalue weighted by atomic mass is 10.2. The summed E-state index contributed by atoms with van der Waals surface area (Å²) in [5, 5.41) is 18.1. The standard InChI is InChI=1S/C14H19NO5/c1-14(2,3)20-9-12(17)15(8-13(18)19)10-4-6-11(16)7-5-10/h4-7,16H,8-9H2,1-3H3,(H,18,19). The Bertz CT molecular complexity index is 475. The van der Waals surface area contributed by atoms with Gasteiger partial charge in [-0.2, -0.15) is 0 Å². The predicted molar refractivity (Wildman–Crippen MR) is 73.8 cm³/mol. The number of carboxylic acids is 1. The highest BCUT2D eigenvalue weighted by atomic mass is 16.5. The van der Waals surface area contributed by atoms with Crippen LogP contribution in [0.25, 0.3) is 0 Å². The summed E-state index contributed by atoms with van der Waals surface area (Å²) in [6, 6.07) is 5.74. The molecular formula is C14H19NO5. The summed E-state index contributed by atoms with van der Waals surface area (Å²) in [5.74, 6) is -1.53. The molecule has 0 aliphatic rings. The molecule has 6 heteroatoms. The van der Waals surface area contributed by atoms with E-state index in [0.717, 1.165) is 4.90 Å². The predicted octanol–water partition coefficient (Wildman–Crippen LogP) is 1.62. The SMILES string of the molecule is CC(C)(C)OCC(=O)N(CC(=O)O)c1ccc(O)cc1. The summed E-state index contributed by atoms with van der Waals surface area (Å²) in [6.07, 6.45) is 0. The largest absolute Gasteiger partial charge is 0.508 e. The van der Waals surface area contributed by atoms with E-state index in [-0.39, 0.29) is 12.4 Å². The molecular weight excluding hydrogens is 262 g/mol. The number of carboxylic acid groups (broad SMARTS) is 1. The molecule has 0 radical (unpaired) electrons. The number of hydrogen-bond donors (Lipinski definition) is 2. The van der Waals surface area contributed by atoms with E-state index in [2.05, 4.69) is 0 Å². The normalized spacial score (nSPS) is 11.2. The molecule has 2 N–H and O–H groups in total. The average Bonchev–Trinajstić information content (AvgIpc) is 2.33. The molecule has 6 nitrogen and oxygen atoms in total. The molecule has 1 aromatic rings. The van der Waals surface area contributed by atoms with Gasteiger partial charge in [0.15, 0.2) is 0 Å². The van der Waals surface area contributed by atoms with E-state index in [1.54, 1.807) is 0 Å². The number of ether oxygens (including phenoxy) is 1. The Kier molecular flexibility index (Phi) is 5.10. The highest BCUT2D eigenvalue weighted by molar-refractivity contribution is 5.98. The van der Waals surface area contributed by atoms with Crippen molar-refractivity contribution in [1.82, 2.24) is 0 Å². The van der Waals surface area contributed by atoms with Crippen molar-refractivity contribution in [3.05, 3.63) is 24.3 Å². The van der Waals surface area contributed by atoms with Crippen LogP contribution in [0.3, 0.4) is 0 Å². The van der Waals surface area contributed by atoms with Crippen LogP contribution in [-0.4, -0.2) is 40.8 Å². The van der Waals surface area contributed by atoms with Gasteiger partial charge in [-0.1, -0.05) is 0 Å². The van der Waals surface area contributed by atoms with Gasteiger partial charge in [-0.25, -0.2) is 0 Å². The lowest BCUT2D eigenvalue weighted by Crippen LogP contribution is -2.39. The van der Waals surface area contributed by atoms with E-state index >= 15 is 0 Å². The van der Waals surface area contributed by atoms with E-state index in [1.165, 1.54) is 24.3 Å². The van der Waals surface area contributed by atoms with Gasteiger partial charge in [0.2, 0.25) is 0 Å². The number of anilines is 1. The van der Waals surface area contributed by atoms with Crippen molar-refractivity contribution in [2.75, 3.05) is 18.1 Å². The first-order valence-corrected chi connectivity index (χ1v) is 6.14. The van der Waals surface area contributed by atoms with E-state index in [1.807, 2.05) is 20.8 Å². The fourth-order valence-corrected chi connectivity index (χ4v) is 1.45. The van der Waals surface area contributed by atoms with Crippen molar-refractivity contribution < 1.29 is 24.5 Å². The molecule has 1 rings (SSSR count). The van der Waals surface area contributed by atoms with E-state index in [4.69, 9.17) is 9.84 Å². The first-order chi connectivity index (χ1) is 9.19. The molecule has 0 unspecified atom stereocenters. The van der Waals surface area contributed by atoms with Gasteiger partial charge < -0.3 is 14.9 Å². The maximum Gasteiger partial charge on any atom is 0.323 e. The Balaban J connectivity index is 2.86. The fraction of sp³-hybridized carbons (Fsp3) is 0.429. The van der Waals surface area contributed by atoms with Crippen LogP contribution in [0.2, 0.25) is 0 Å². The summed E-state index contributed by atoms with van der Waals surface area (Å²) in [4.78, 5) is 24.1. The van der Waals surface area contributed by atoms with Crippen LogP contribution >= 0.6 is 0 Å². The van der Waals surface area contributed by atoms with Crippen molar-refractivity contribution in [3.8, 4) is 5.75 Å². The van der Waals surface area contributed by atoms with Crippen LogP contribution in [-0.2, 0) is 14.3 Å². The maximum absolute atomic E-state index is 12.1. The number of carbonyl (C=O) groups is 2. The molecule has 0 bridgehead atoms. The number of phenolic OH excluding ortho intramolecular Hbond substituents is 1. The zero-order chi connectivity index (χ0) is 15.3. The van der Waals surface area contributed by atoms with Crippen molar-refractivity contribution in [3.63, 3.8) is 0 Å². The molecule has 20 heavy (non-hydrogen) atoms. The van der Waals surface area contributed by atoms with Gasteiger partial charge >= 0.3 is 5.97 Å². The summed E-state index contributed by atoms with van der Waals surface area (Å²) < 4.78 is 5.37. The molecule has 0 heterocycles. The van der Waals surface area contributed by atoms with Crippen LogP contribution in [0.4, 0.5) is 5.69 Å². The van der Waals surface area contributed by atoms with Gasteiger partial charge in [-0.15, -0.1) is 0 Å². The monoisotopic (exact) mass is 281 g/mol. The zero-order valence-corrected chi connectivity index (χ0v) is 11.8. The second-order valence-corrected chi connectivity index (χ2v) is 5.29. The average molecular weight is 281 g/mol. The second kappa shape index (κ2) is 6.38. The lowest BCUT2D eigenvalue weighted by Gasteiger charge is -2.24. The minimum atomic E-state index is -1.12.